The van der Waals surface area contributed by atoms with Gasteiger partial charge >= 0.3 is 0 Å². The van der Waals surface area contributed by atoms with E-state index in [1.54, 1.807) is 13.2 Å². The molecule has 1 amide bonds. The fraction of sp³-hybridized carbons (Fsp3) is 0.316. The minimum Gasteiger partial charge on any atom is -0.491 e. The number of benzene rings is 2. The highest BCUT2D eigenvalue weighted by atomic mass is 16.5. The van der Waals surface area contributed by atoms with Gasteiger partial charge < -0.3 is 20.1 Å². The molecule has 5 nitrogen and oxygen atoms in total. The lowest BCUT2D eigenvalue weighted by Crippen LogP contribution is -2.30. The molecule has 0 fully saturated rings. The molecule has 128 valence electrons. The molecule has 0 saturated heterocycles. The minimum atomic E-state index is -0.0909. The fourth-order valence-electron chi connectivity index (χ4n) is 2.22. The van der Waals surface area contributed by atoms with Gasteiger partial charge in [-0.25, -0.2) is 0 Å². The van der Waals surface area contributed by atoms with Gasteiger partial charge in [0, 0.05) is 24.9 Å². The van der Waals surface area contributed by atoms with E-state index in [0.29, 0.717) is 24.7 Å². The van der Waals surface area contributed by atoms with Crippen LogP contribution in [0.3, 0.4) is 0 Å². The Morgan fingerprint density at radius 1 is 1.08 bits per heavy atom. The Balaban J connectivity index is 1.80. The predicted molar refractivity (Wildman–Crippen MR) is 95.3 cm³/mol. The molecule has 5 heteroatoms. The third-order valence-electron chi connectivity index (χ3n) is 3.54. The van der Waals surface area contributed by atoms with Crippen molar-refractivity contribution in [3.05, 3.63) is 60.2 Å². The van der Waals surface area contributed by atoms with Crippen LogP contribution in [0.5, 0.6) is 5.75 Å². The van der Waals surface area contributed by atoms with Crippen LogP contribution in [0.25, 0.3) is 0 Å². The molecule has 0 aliphatic heterocycles. The number of hydrogen-bond donors (Lipinski definition) is 2. The van der Waals surface area contributed by atoms with Crippen molar-refractivity contribution in [3.63, 3.8) is 0 Å². The maximum Gasteiger partial charge on any atom is 0.238 e. The summed E-state index contributed by atoms with van der Waals surface area (Å²) in [6.45, 7) is 3.28. The van der Waals surface area contributed by atoms with Crippen LogP contribution < -0.4 is 15.4 Å². The van der Waals surface area contributed by atoms with E-state index in [-0.39, 0.29) is 18.5 Å². The molecule has 2 aromatic carbocycles. The normalized spacial score (nSPS) is 11.8. The molecule has 1 atom stereocenters. The van der Waals surface area contributed by atoms with Crippen molar-refractivity contribution in [3.8, 4) is 5.75 Å². The van der Waals surface area contributed by atoms with Crippen molar-refractivity contribution >= 4 is 11.6 Å². The van der Waals surface area contributed by atoms with Crippen molar-refractivity contribution in [2.45, 2.75) is 13.0 Å². The van der Waals surface area contributed by atoms with Crippen molar-refractivity contribution in [1.29, 1.82) is 0 Å². The van der Waals surface area contributed by atoms with Crippen molar-refractivity contribution in [2.75, 3.05) is 32.2 Å². The standard InChI is InChI=1S/C19H24N2O3/c1-15(16-7-4-3-5-8-16)20-14-19(22)21-17-9-6-10-18(13-17)24-12-11-23-2/h3-10,13,15,20H,11-12,14H2,1-2H3,(H,21,22). The van der Waals surface area contributed by atoms with E-state index in [4.69, 9.17) is 9.47 Å². The molecule has 0 spiro atoms. The van der Waals surface area contributed by atoms with E-state index in [1.807, 2.05) is 55.5 Å². The maximum absolute atomic E-state index is 12.1. The van der Waals surface area contributed by atoms with Crippen LogP contribution in [-0.4, -0.2) is 32.8 Å². The Hall–Kier alpha value is -2.37. The van der Waals surface area contributed by atoms with Crippen LogP contribution in [0.4, 0.5) is 5.69 Å². The van der Waals surface area contributed by atoms with Gasteiger partial charge in [-0.3, -0.25) is 4.79 Å². The van der Waals surface area contributed by atoms with Gasteiger partial charge in [-0.1, -0.05) is 36.4 Å². The lowest BCUT2D eigenvalue weighted by Gasteiger charge is -2.14. The number of carbonyl (C=O) groups excluding carboxylic acids is 1. The zero-order valence-electron chi connectivity index (χ0n) is 14.1. The van der Waals surface area contributed by atoms with Crippen LogP contribution in [0.1, 0.15) is 18.5 Å². The molecule has 0 heterocycles. The number of rotatable bonds is 9. The molecule has 1 unspecified atom stereocenters. The fourth-order valence-corrected chi connectivity index (χ4v) is 2.22. The van der Waals surface area contributed by atoms with Crippen molar-refractivity contribution < 1.29 is 14.3 Å². The van der Waals surface area contributed by atoms with Crippen LogP contribution in [-0.2, 0) is 9.53 Å². The SMILES string of the molecule is COCCOc1cccc(NC(=O)CNC(C)c2ccccc2)c1. The summed E-state index contributed by atoms with van der Waals surface area (Å²) in [6, 6.07) is 17.5. The number of amides is 1. The summed E-state index contributed by atoms with van der Waals surface area (Å²) in [5, 5.41) is 6.08. The zero-order valence-corrected chi connectivity index (χ0v) is 14.1. The first-order valence-electron chi connectivity index (χ1n) is 7.99. The topological polar surface area (TPSA) is 59.6 Å². The summed E-state index contributed by atoms with van der Waals surface area (Å²) in [5.74, 6) is 0.613. The zero-order chi connectivity index (χ0) is 17.2. The van der Waals surface area contributed by atoms with E-state index in [0.717, 1.165) is 5.56 Å². The Labute approximate surface area is 143 Å². The molecule has 0 aliphatic rings. The lowest BCUT2D eigenvalue weighted by atomic mass is 10.1. The van der Waals surface area contributed by atoms with E-state index in [2.05, 4.69) is 10.6 Å². The average molecular weight is 328 g/mol. The van der Waals surface area contributed by atoms with Gasteiger partial charge in [0.2, 0.25) is 5.91 Å². The largest absolute Gasteiger partial charge is 0.491 e. The lowest BCUT2D eigenvalue weighted by molar-refractivity contribution is -0.115. The summed E-state index contributed by atoms with van der Waals surface area (Å²) in [6.07, 6.45) is 0. The molecule has 0 aromatic heterocycles. The quantitative estimate of drug-likeness (QED) is 0.695. The molecule has 2 aromatic rings. The van der Waals surface area contributed by atoms with Gasteiger partial charge in [0.25, 0.3) is 0 Å². The van der Waals surface area contributed by atoms with Crippen molar-refractivity contribution in [2.24, 2.45) is 0 Å². The second-order valence-corrected chi connectivity index (χ2v) is 5.43. The molecule has 0 bridgehead atoms. The second-order valence-electron chi connectivity index (χ2n) is 5.43. The van der Waals surface area contributed by atoms with Crippen LogP contribution in [0, 0.1) is 0 Å². The van der Waals surface area contributed by atoms with E-state index in [9.17, 15) is 4.79 Å². The summed E-state index contributed by atoms with van der Waals surface area (Å²) in [7, 11) is 1.63. The first-order valence-corrected chi connectivity index (χ1v) is 7.99. The van der Waals surface area contributed by atoms with Gasteiger partial charge in [0.15, 0.2) is 0 Å². The average Bonchev–Trinajstić information content (AvgIpc) is 2.61. The molecular formula is C19H24N2O3. The second kappa shape index (κ2) is 9.70. The van der Waals surface area contributed by atoms with Crippen LogP contribution in [0.15, 0.2) is 54.6 Å². The summed E-state index contributed by atoms with van der Waals surface area (Å²) in [5.41, 5.74) is 1.86. The molecule has 0 saturated carbocycles. The van der Waals surface area contributed by atoms with E-state index in [1.165, 1.54) is 0 Å². The maximum atomic E-state index is 12.1. The van der Waals surface area contributed by atoms with Crippen molar-refractivity contribution in [1.82, 2.24) is 5.32 Å². The van der Waals surface area contributed by atoms with Gasteiger partial charge in [-0.2, -0.15) is 0 Å². The summed E-state index contributed by atoms with van der Waals surface area (Å²) >= 11 is 0. The Kier molecular flexibility index (Phi) is 7.26. The van der Waals surface area contributed by atoms with Crippen LogP contribution >= 0.6 is 0 Å². The molecular weight excluding hydrogens is 304 g/mol. The molecule has 24 heavy (non-hydrogen) atoms. The predicted octanol–water partition coefficient (Wildman–Crippen LogP) is 3.00. The van der Waals surface area contributed by atoms with E-state index >= 15 is 0 Å². The van der Waals surface area contributed by atoms with Gasteiger partial charge in [0.1, 0.15) is 12.4 Å². The molecule has 0 aliphatic carbocycles. The Morgan fingerprint density at radius 2 is 1.88 bits per heavy atom. The number of anilines is 1. The number of nitrogens with one attached hydrogen (secondary N) is 2. The highest BCUT2D eigenvalue weighted by Crippen LogP contribution is 2.17. The Bertz CT molecular complexity index is 632. The van der Waals surface area contributed by atoms with Gasteiger partial charge in [-0.05, 0) is 24.6 Å². The highest BCUT2D eigenvalue weighted by Gasteiger charge is 2.08. The third-order valence-corrected chi connectivity index (χ3v) is 3.54. The number of methoxy groups -OCH3 is 1. The smallest absolute Gasteiger partial charge is 0.238 e. The molecule has 2 rings (SSSR count). The summed E-state index contributed by atoms with van der Waals surface area (Å²) in [4.78, 5) is 12.1. The summed E-state index contributed by atoms with van der Waals surface area (Å²) < 4.78 is 10.5. The third kappa shape index (κ3) is 6.02. The monoisotopic (exact) mass is 328 g/mol. The van der Waals surface area contributed by atoms with Crippen LogP contribution in [0.2, 0.25) is 0 Å². The first kappa shape index (κ1) is 18.0. The number of ether oxygens (including phenoxy) is 2. The first-order chi connectivity index (χ1) is 11.7. The Morgan fingerprint density at radius 3 is 2.62 bits per heavy atom. The minimum absolute atomic E-state index is 0.0909. The number of hydrogen-bond acceptors (Lipinski definition) is 4. The molecule has 0 radical (unpaired) electrons. The van der Waals surface area contributed by atoms with Gasteiger partial charge in [-0.15, -0.1) is 0 Å². The van der Waals surface area contributed by atoms with Gasteiger partial charge in [0.05, 0.1) is 13.2 Å². The molecule has 2 N–H and O–H groups in total. The number of carbonyl (C=O) groups is 1. The highest BCUT2D eigenvalue weighted by molar-refractivity contribution is 5.92. The van der Waals surface area contributed by atoms with E-state index < -0.39 is 0 Å².